The fraction of sp³-hybridized carbons (Fsp3) is 0.381. The maximum atomic E-state index is 12.6. The molecule has 2 aromatic heterocycles. The second kappa shape index (κ2) is 7.88. The molecular formula is C21H24N4O3. The molecule has 1 fully saturated rings. The molecule has 1 aliphatic carbocycles. The molecule has 0 spiro atoms. The van der Waals surface area contributed by atoms with E-state index in [0.29, 0.717) is 23.1 Å². The lowest BCUT2D eigenvalue weighted by molar-refractivity contribution is 0.353. The highest BCUT2D eigenvalue weighted by Gasteiger charge is 2.19. The first-order chi connectivity index (χ1) is 13.7. The van der Waals surface area contributed by atoms with E-state index in [9.17, 15) is 4.79 Å². The van der Waals surface area contributed by atoms with Crippen molar-refractivity contribution < 1.29 is 9.47 Å². The molecule has 0 unspecified atom stereocenters. The average molecular weight is 380 g/mol. The molecular weight excluding hydrogens is 356 g/mol. The van der Waals surface area contributed by atoms with Crippen LogP contribution in [-0.4, -0.2) is 28.8 Å². The maximum Gasteiger partial charge on any atom is 0.252 e. The number of benzene rings is 1. The average Bonchev–Trinajstić information content (AvgIpc) is 2.74. The number of anilines is 2. The van der Waals surface area contributed by atoms with Gasteiger partial charge in [0.15, 0.2) is 11.5 Å². The first kappa shape index (κ1) is 18.3. The second-order valence-electron chi connectivity index (χ2n) is 7.00. The molecule has 1 saturated carbocycles. The number of aromatic nitrogens is 3. The van der Waals surface area contributed by atoms with Gasteiger partial charge >= 0.3 is 0 Å². The minimum atomic E-state index is -0.00448. The number of hydrogen-bond acceptors (Lipinski definition) is 6. The molecule has 3 aromatic rings. The van der Waals surface area contributed by atoms with Crippen molar-refractivity contribution in [3.63, 3.8) is 0 Å². The van der Waals surface area contributed by atoms with E-state index in [1.807, 2.05) is 22.8 Å². The number of hydrogen-bond donors (Lipinski definition) is 1. The van der Waals surface area contributed by atoms with Crippen molar-refractivity contribution >= 4 is 22.7 Å². The fourth-order valence-electron chi connectivity index (χ4n) is 3.83. The van der Waals surface area contributed by atoms with E-state index in [1.54, 1.807) is 32.5 Å². The van der Waals surface area contributed by atoms with Gasteiger partial charge in [-0.2, -0.15) is 4.98 Å². The van der Waals surface area contributed by atoms with Crippen molar-refractivity contribution in [1.29, 1.82) is 0 Å². The summed E-state index contributed by atoms with van der Waals surface area (Å²) in [6, 6.07) is 9.12. The molecule has 1 N–H and O–H groups in total. The van der Waals surface area contributed by atoms with E-state index in [1.165, 1.54) is 6.42 Å². The first-order valence-electron chi connectivity index (χ1n) is 9.57. The molecule has 0 saturated heterocycles. The molecule has 28 heavy (non-hydrogen) atoms. The Morgan fingerprint density at radius 2 is 1.82 bits per heavy atom. The van der Waals surface area contributed by atoms with Crippen LogP contribution in [0.3, 0.4) is 0 Å². The van der Waals surface area contributed by atoms with Crippen LogP contribution in [-0.2, 0) is 0 Å². The Bertz CT molecular complexity index is 1040. The van der Waals surface area contributed by atoms with Gasteiger partial charge in [0.05, 0.1) is 14.2 Å². The number of nitrogens with one attached hydrogen (secondary N) is 1. The number of methoxy groups -OCH3 is 2. The zero-order valence-electron chi connectivity index (χ0n) is 16.1. The van der Waals surface area contributed by atoms with Crippen LogP contribution in [0.1, 0.15) is 38.1 Å². The Morgan fingerprint density at radius 1 is 1.04 bits per heavy atom. The molecule has 1 aromatic carbocycles. The molecule has 0 amide bonds. The third kappa shape index (κ3) is 3.52. The molecule has 146 valence electrons. The van der Waals surface area contributed by atoms with Gasteiger partial charge in [-0.05, 0) is 31.0 Å². The number of ether oxygens (including phenoxy) is 2. The topological polar surface area (TPSA) is 78.3 Å². The lowest BCUT2D eigenvalue weighted by Crippen LogP contribution is -2.26. The summed E-state index contributed by atoms with van der Waals surface area (Å²) in [5, 5.41) is 4.06. The van der Waals surface area contributed by atoms with Gasteiger partial charge in [0, 0.05) is 35.4 Å². The monoisotopic (exact) mass is 380 g/mol. The van der Waals surface area contributed by atoms with Crippen LogP contribution in [0, 0.1) is 0 Å². The Morgan fingerprint density at radius 3 is 2.57 bits per heavy atom. The summed E-state index contributed by atoms with van der Waals surface area (Å²) in [5.41, 5.74) is 1.45. The minimum Gasteiger partial charge on any atom is -0.493 e. The van der Waals surface area contributed by atoms with Crippen LogP contribution in [0.5, 0.6) is 11.5 Å². The number of rotatable bonds is 5. The van der Waals surface area contributed by atoms with Crippen molar-refractivity contribution in [2.45, 2.75) is 38.1 Å². The predicted molar refractivity (Wildman–Crippen MR) is 109 cm³/mol. The standard InChI is InChI=1S/C21H24N4O3/c1-27-17-10-9-15(12-18(17)28-2)23-21-22-13-14-8-11-19(26)25(20(14)24-21)16-6-4-3-5-7-16/h8-13,16H,3-7H2,1-2H3,(H,22,23,24). The van der Waals surface area contributed by atoms with Gasteiger partial charge in [0.25, 0.3) is 5.56 Å². The summed E-state index contributed by atoms with van der Waals surface area (Å²) in [6.45, 7) is 0. The third-order valence-corrected chi connectivity index (χ3v) is 5.25. The highest BCUT2D eigenvalue weighted by Crippen LogP contribution is 2.31. The van der Waals surface area contributed by atoms with E-state index in [-0.39, 0.29) is 11.6 Å². The van der Waals surface area contributed by atoms with Crippen molar-refractivity contribution in [3.05, 3.63) is 46.9 Å². The summed E-state index contributed by atoms with van der Waals surface area (Å²) in [5.74, 6) is 1.71. The second-order valence-corrected chi connectivity index (χ2v) is 7.00. The lowest BCUT2D eigenvalue weighted by atomic mass is 9.95. The summed E-state index contributed by atoms with van der Waals surface area (Å²) >= 11 is 0. The van der Waals surface area contributed by atoms with E-state index in [0.717, 1.165) is 36.8 Å². The number of pyridine rings is 1. The van der Waals surface area contributed by atoms with E-state index in [2.05, 4.69) is 15.3 Å². The van der Waals surface area contributed by atoms with Crippen molar-refractivity contribution in [3.8, 4) is 11.5 Å². The molecule has 2 heterocycles. The number of fused-ring (bicyclic) bond motifs is 1. The van der Waals surface area contributed by atoms with E-state index in [4.69, 9.17) is 9.47 Å². The van der Waals surface area contributed by atoms with E-state index < -0.39 is 0 Å². The van der Waals surface area contributed by atoms with Gasteiger partial charge in [-0.15, -0.1) is 0 Å². The van der Waals surface area contributed by atoms with Crippen LogP contribution in [0.15, 0.2) is 41.3 Å². The molecule has 7 heteroatoms. The largest absolute Gasteiger partial charge is 0.493 e. The van der Waals surface area contributed by atoms with Gasteiger partial charge in [-0.1, -0.05) is 19.3 Å². The Balaban J connectivity index is 1.72. The summed E-state index contributed by atoms with van der Waals surface area (Å²) in [7, 11) is 3.19. The van der Waals surface area contributed by atoms with Gasteiger partial charge in [0.2, 0.25) is 5.95 Å². The fourth-order valence-corrected chi connectivity index (χ4v) is 3.83. The molecule has 1 aliphatic rings. The third-order valence-electron chi connectivity index (χ3n) is 5.25. The Labute approximate surface area is 163 Å². The quantitative estimate of drug-likeness (QED) is 0.719. The summed E-state index contributed by atoms with van der Waals surface area (Å²) in [6.07, 6.45) is 7.31. The van der Waals surface area contributed by atoms with E-state index >= 15 is 0 Å². The molecule has 0 aliphatic heterocycles. The zero-order chi connectivity index (χ0) is 19.5. The van der Waals surface area contributed by atoms with Crippen LogP contribution >= 0.6 is 0 Å². The summed E-state index contributed by atoms with van der Waals surface area (Å²) in [4.78, 5) is 21.7. The first-order valence-corrected chi connectivity index (χ1v) is 9.57. The molecule has 0 radical (unpaired) electrons. The minimum absolute atomic E-state index is 0.00448. The van der Waals surface area contributed by atoms with Gasteiger partial charge in [-0.25, -0.2) is 4.98 Å². The van der Waals surface area contributed by atoms with Gasteiger partial charge in [-0.3, -0.25) is 9.36 Å². The molecule has 4 rings (SSSR count). The Kier molecular flexibility index (Phi) is 5.14. The van der Waals surface area contributed by atoms with Crippen LogP contribution < -0.4 is 20.3 Å². The van der Waals surface area contributed by atoms with Crippen molar-refractivity contribution in [2.24, 2.45) is 0 Å². The molecule has 0 atom stereocenters. The smallest absolute Gasteiger partial charge is 0.252 e. The lowest BCUT2D eigenvalue weighted by Gasteiger charge is -2.25. The predicted octanol–water partition coefficient (Wildman–Crippen LogP) is 4.06. The summed E-state index contributed by atoms with van der Waals surface area (Å²) < 4.78 is 12.5. The normalized spacial score (nSPS) is 14.8. The highest BCUT2D eigenvalue weighted by atomic mass is 16.5. The molecule has 7 nitrogen and oxygen atoms in total. The van der Waals surface area contributed by atoms with Crippen LogP contribution in [0.25, 0.3) is 11.0 Å². The van der Waals surface area contributed by atoms with Gasteiger partial charge < -0.3 is 14.8 Å². The van der Waals surface area contributed by atoms with Crippen LogP contribution in [0.2, 0.25) is 0 Å². The van der Waals surface area contributed by atoms with Crippen molar-refractivity contribution in [2.75, 3.05) is 19.5 Å². The van der Waals surface area contributed by atoms with Crippen molar-refractivity contribution in [1.82, 2.24) is 14.5 Å². The highest BCUT2D eigenvalue weighted by molar-refractivity contribution is 5.76. The maximum absolute atomic E-state index is 12.6. The zero-order valence-corrected chi connectivity index (χ0v) is 16.1. The SMILES string of the molecule is COc1ccc(Nc2ncc3ccc(=O)n(C4CCCCC4)c3n2)cc1OC. The number of nitrogens with zero attached hydrogens (tertiary/aromatic N) is 3. The molecule has 0 bridgehead atoms. The van der Waals surface area contributed by atoms with Crippen LogP contribution in [0.4, 0.5) is 11.6 Å². The Hall–Kier alpha value is -3.09. The van der Waals surface area contributed by atoms with Gasteiger partial charge in [0.1, 0.15) is 5.65 Å².